The summed E-state index contributed by atoms with van der Waals surface area (Å²) in [5.41, 5.74) is 1.46. The van der Waals surface area contributed by atoms with Crippen LogP contribution in [0, 0.1) is 6.92 Å². The summed E-state index contributed by atoms with van der Waals surface area (Å²) >= 11 is 0. The van der Waals surface area contributed by atoms with E-state index < -0.39 is 24.7 Å². The number of amides is 1. The summed E-state index contributed by atoms with van der Waals surface area (Å²) < 4.78 is 35.9. The smallest absolute Gasteiger partial charge is 0.382 e. The minimum atomic E-state index is -4.68. The molecule has 0 spiro atoms. The Morgan fingerprint density at radius 2 is 2.00 bits per heavy atom. The first-order chi connectivity index (χ1) is 8.80. The zero-order valence-electron chi connectivity index (χ0n) is 10.3. The van der Waals surface area contributed by atoms with Crippen molar-refractivity contribution in [3.05, 3.63) is 29.8 Å². The molecule has 1 amide bonds. The third-order valence-electron chi connectivity index (χ3n) is 2.42. The van der Waals surface area contributed by atoms with E-state index in [1.165, 1.54) is 0 Å². The molecule has 0 aromatic heterocycles. The summed E-state index contributed by atoms with van der Waals surface area (Å²) in [4.78, 5) is 11.5. The van der Waals surface area contributed by atoms with E-state index in [0.717, 1.165) is 5.56 Å². The zero-order valence-corrected chi connectivity index (χ0v) is 10.3. The number of benzene rings is 1. The second kappa shape index (κ2) is 6.53. The number of carbonyl (C=O) groups excluding carboxylic acids is 1. The van der Waals surface area contributed by atoms with E-state index in [0.29, 0.717) is 5.69 Å². The molecule has 0 aliphatic rings. The molecule has 0 radical (unpaired) electrons. The Balaban J connectivity index is 2.35. The second-order valence-electron chi connectivity index (χ2n) is 4.05. The topological polar surface area (TPSA) is 61.4 Å². The molecule has 7 heteroatoms. The van der Waals surface area contributed by atoms with Crippen molar-refractivity contribution in [2.24, 2.45) is 0 Å². The summed E-state index contributed by atoms with van der Waals surface area (Å²) in [6, 6.07) is 7.04. The molecule has 1 atom stereocenters. The summed E-state index contributed by atoms with van der Waals surface area (Å²) in [5.74, 6) is -0.469. The number of nitrogens with one attached hydrogen (secondary N) is 2. The maximum atomic E-state index is 12.0. The van der Waals surface area contributed by atoms with Crippen LogP contribution in [0.15, 0.2) is 24.3 Å². The van der Waals surface area contributed by atoms with E-state index in [4.69, 9.17) is 5.11 Å². The van der Waals surface area contributed by atoms with Gasteiger partial charge in [0, 0.05) is 12.2 Å². The number of hydrogen-bond acceptors (Lipinski definition) is 3. The van der Waals surface area contributed by atoms with E-state index in [-0.39, 0.29) is 6.54 Å². The average molecular weight is 276 g/mol. The van der Waals surface area contributed by atoms with Crippen LogP contribution in [0.5, 0.6) is 0 Å². The second-order valence-corrected chi connectivity index (χ2v) is 4.05. The fourth-order valence-electron chi connectivity index (χ4n) is 1.35. The number of para-hydroxylation sites is 1. The third-order valence-corrected chi connectivity index (χ3v) is 2.42. The number of aryl methyl sites for hydroxylation is 1. The Morgan fingerprint density at radius 3 is 2.58 bits per heavy atom. The largest absolute Gasteiger partial charge is 0.415 e. The Hall–Kier alpha value is -1.60. The van der Waals surface area contributed by atoms with Gasteiger partial charge in [0.1, 0.15) is 0 Å². The number of aliphatic hydroxyl groups excluding tert-OH is 1. The van der Waals surface area contributed by atoms with Crippen LogP contribution in [0.2, 0.25) is 0 Å². The van der Waals surface area contributed by atoms with Gasteiger partial charge in [-0.3, -0.25) is 4.79 Å². The van der Waals surface area contributed by atoms with E-state index in [9.17, 15) is 18.0 Å². The van der Waals surface area contributed by atoms with Crippen molar-refractivity contribution in [1.29, 1.82) is 0 Å². The Kier molecular flexibility index (Phi) is 5.31. The highest BCUT2D eigenvalue weighted by atomic mass is 19.4. The quantitative estimate of drug-likeness (QED) is 0.762. The summed E-state index contributed by atoms with van der Waals surface area (Å²) in [6.07, 6.45) is -7.15. The first kappa shape index (κ1) is 15.5. The number of halogens is 3. The molecule has 0 heterocycles. The molecule has 1 unspecified atom stereocenters. The fourth-order valence-corrected chi connectivity index (χ4v) is 1.35. The lowest BCUT2D eigenvalue weighted by atomic mass is 10.2. The fraction of sp³-hybridized carbons (Fsp3) is 0.417. The van der Waals surface area contributed by atoms with Crippen molar-refractivity contribution in [2.75, 3.05) is 18.4 Å². The van der Waals surface area contributed by atoms with Gasteiger partial charge in [-0.25, -0.2) is 0 Å². The average Bonchev–Trinajstić information content (AvgIpc) is 2.31. The van der Waals surface area contributed by atoms with Gasteiger partial charge < -0.3 is 15.7 Å². The molecule has 1 aromatic carbocycles. The predicted octanol–water partition coefficient (Wildman–Crippen LogP) is 1.45. The Labute approximate surface area is 108 Å². The first-order valence-electron chi connectivity index (χ1n) is 5.61. The highest BCUT2D eigenvalue weighted by molar-refractivity contribution is 5.92. The van der Waals surface area contributed by atoms with Crippen molar-refractivity contribution in [2.45, 2.75) is 19.2 Å². The van der Waals surface area contributed by atoms with Crippen LogP contribution in [0.4, 0.5) is 18.9 Å². The van der Waals surface area contributed by atoms with Gasteiger partial charge in [-0.15, -0.1) is 0 Å². The van der Waals surface area contributed by atoms with Gasteiger partial charge >= 0.3 is 6.18 Å². The number of alkyl halides is 3. The van der Waals surface area contributed by atoms with Crippen LogP contribution >= 0.6 is 0 Å². The minimum absolute atomic E-state index is 0.304. The summed E-state index contributed by atoms with van der Waals surface area (Å²) in [6.45, 7) is 0.780. The predicted molar refractivity (Wildman–Crippen MR) is 64.7 cm³/mol. The van der Waals surface area contributed by atoms with Crippen molar-refractivity contribution in [3.8, 4) is 0 Å². The molecule has 0 fully saturated rings. The van der Waals surface area contributed by atoms with Crippen molar-refractivity contribution < 1.29 is 23.1 Å². The molecule has 1 aromatic rings. The molecule has 0 aliphatic heterocycles. The molecule has 0 saturated carbocycles. The van der Waals surface area contributed by atoms with Crippen LogP contribution < -0.4 is 10.6 Å². The van der Waals surface area contributed by atoms with Crippen LogP contribution in [-0.2, 0) is 4.79 Å². The van der Waals surface area contributed by atoms with Crippen LogP contribution in [0.25, 0.3) is 0 Å². The SMILES string of the molecule is Cc1ccccc1NC(=O)CNCC(O)C(F)(F)F. The number of rotatable bonds is 5. The molecule has 106 valence electrons. The van der Waals surface area contributed by atoms with Crippen LogP contribution in [0.3, 0.4) is 0 Å². The number of carbonyl (C=O) groups is 1. The standard InChI is InChI=1S/C12H15F3N2O2/c1-8-4-2-3-5-9(8)17-11(19)7-16-6-10(18)12(13,14)15/h2-5,10,16,18H,6-7H2,1H3,(H,17,19). The van der Waals surface area contributed by atoms with Gasteiger partial charge in [0.05, 0.1) is 6.54 Å². The van der Waals surface area contributed by atoms with Gasteiger partial charge in [0.25, 0.3) is 0 Å². The molecule has 3 N–H and O–H groups in total. The lowest BCUT2D eigenvalue weighted by Crippen LogP contribution is -2.41. The molecule has 0 saturated heterocycles. The molecular weight excluding hydrogens is 261 g/mol. The van der Waals surface area contributed by atoms with Crippen molar-refractivity contribution >= 4 is 11.6 Å². The maximum Gasteiger partial charge on any atom is 0.415 e. The van der Waals surface area contributed by atoms with Gasteiger partial charge in [-0.1, -0.05) is 18.2 Å². The Morgan fingerprint density at radius 1 is 1.37 bits per heavy atom. The van der Waals surface area contributed by atoms with Crippen LogP contribution in [-0.4, -0.2) is 36.4 Å². The van der Waals surface area contributed by atoms with Crippen molar-refractivity contribution in [1.82, 2.24) is 5.32 Å². The number of anilines is 1. The van der Waals surface area contributed by atoms with Gasteiger partial charge in [-0.05, 0) is 18.6 Å². The lowest BCUT2D eigenvalue weighted by molar-refractivity contribution is -0.201. The van der Waals surface area contributed by atoms with E-state index in [2.05, 4.69) is 10.6 Å². The molecule has 0 aliphatic carbocycles. The van der Waals surface area contributed by atoms with Crippen molar-refractivity contribution in [3.63, 3.8) is 0 Å². The summed E-state index contributed by atoms with van der Waals surface area (Å²) in [7, 11) is 0. The molecule has 19 heavy (non-hydrogen) atoms. The molecule has 1 rings (SSSR count). The minimum Gasteiger partial charge on any atom is -0.382 e. The first-order valence-corrected chi connectivity index (χ1v) is 5.61. The van der Waals surface area contributed by atoms with E-state index in [1.54, 1.807) is 25.1 Å². The van der Waals surface area contributed by atoms with Gasteiger partial charge in [-0.2, -0.15) is 13.2 Å². The van der Waals surface area contributed by atoms with Crippen LogP contribution in [0.1, 0.15) is 5.56 Å². The van der Waals surface area contributed by atoms with E-state index in [1.807, 2.05) is 6.07 Å². The van der Waals surface area contributed by atoms with E-state index >= 15 is 0 Å². The molecule has 4 nitrogen and oxygen atoms in total. The Bertz CT molecular complexity index is 435. The normalized spacial score (nSPS) is 13.1. The maximum absolute atomic E-state index is 12.0. The highest BCUT2D eigenvalue weighted by Gasteiger charge is 2.37. The number of hydrogen-bond donors (Lipinski definition) is 3. The lowest BCUT2D eigenvalue weighted by Gasteiger charge is -2.15. The summed E-state index contributed by atoms with van der Waals surface area (Å²) in [5, 5.41) is 13.5. The molecular formula is C12H15F3N2O2. The highest BCUT2D eigenvalue weighted by Crippen LogP contribution is 2.19. The molecule has 0 bridgehead atoms. The van der Waals surface area contributed by atoms with Gasteiger partial charge in [0.15, 0.2) is 6.10 Å². The van der Waals surface area contributed by atoms with Gasteiger partial charge in [0.2, 0.25) is 5.91 Å². The monoisotopic (exact) mass is 276 g/mol. The number of aliphatic hydroxyl groups is 1. The third kappa shape index (κ3) is 5.27. The zero-order chi connectivity index (χ0) is 14.5.